The van der Waals surface area contributed by atoms with Gasteiger partial charge in [-0.2, -0.15) is 0 Å². The van der Waals surface area contributed by atoms with Gasteiger partial charge in [0, 0.05) is 0 Å². The van der Waals surface area contributed by atoms with Crippen molar-refractivity contribution in [3.63, 3.8) is 0 Å². The fourth-order valence-corrected chi connectivity index (χ4v) is 2.00. The van der Waals surface area contributed by atoms with Crippen LogP contribution < -0.4 is 0 Å². The van der Waals surface area contributed by atoms with E-state index < -0.39 is 0 Å². The Kier molecular flexibility index (Phi) is 4.93. The average Bonchev–Trinajstić information content (AvgIpc) is 2.68. The second-order valence-electron chi connectivity index (χ2n) is 4.26. The molecule has 1 fully saturated rings. The number of ether oxygens (including phenoxy) is 2. The van der Waals surface area contributed by atoms with Crippen LogP contribution in [0.15, 0.2) is 0 Å². The Labute approximate surface area is 96.3 Å². The summed E-state index contributed by atoms with van der Waals surface area (Å²) in [7, 11) is 0. The lowest BCUT2D eigenvalue weighted by molar-refractivity contribution is -0.153. The van der Waals surface area contributed by atoms with E-state index in [1.807, 2.05) is 13.8 Å². The van der Waals surface area contributed by atoms with Gasteiger partial charge in [-0.25, -0.2) is 0 Å². The van der Waals surface area contributed by atoms with Crippen LogP contribution in [0, 0.1) is 5.92 Å². The molecule has 1 aliphatic rings. The van der Waals surface area contributed by atoms with Crippen molar-refractivity contribution in [3.05, 3.63) is 0 Å². The molecule has 1 heterocycles. The van der Waals surface area contributed by atoms with Crippen LogP contribution in [0.5, 0.6) is 0 Å². The molecule has 0 spiro atoms. The Balaban J connectivity index is 2.50. The van der Waals surface area contributed by atoms with Crippen LogP contribution in [0.3, 0.4) is 0 Å². The van der Waals surface area contributed by atoms with Crippen LogP contribution in [-0.2, 0) is 19.1 Å². The Morgan fingerprint density at radius 1 is 1.31 bits per heavy atom. The molecule has 3 atom stereocenters. The van der Waals surface area contributed by atoms with Gasteiger partial charge < -0.3 is 9.47 Å². The summed E-state index contributed by atoms with van der Waals surface area (Å²) in [6.07, 6.45) is 2.53. The van der Waals surface area contributed by atoms with Gasteiger partial charge in [0.2, 0.25) is 0 Å². The third-order valence-corrected chi connectivity index (χ3v) is 2.91. The molecular formula is C12H20O4. The summed E-state index contributed by atoms with van der Waals surface area (Å²) in [6, 6.07) is 0. The number of rotatable bonds is 5. The van der Waals surface area contributed by atoms with Crippen LogP contribution in [0.2, 0.25) is 0 Å². The lowest BCUT2D eigenvalue weighted by atomic mass is 9.97. The number of hydrogen-bond donors (Lipinski definition) is 0. The van der Waals surface area contributed by atoms with Gasteiger partial charge >= 0.3 is 5.97 Å². The van der Waals surface area contributed by atoms with Crippen molar-refractivity contribution in [1.29, 1.82) is 0 Å². The predicted molar refractivity (Wildman–Crippen MR) is 59.0 cm³/mol. The maximum Gasteiger partial charge on any atom is 0.312 e. The van der Waals surface area contributed by atoms with Crippen molar-refractivity contribution in [3.8, 4) is 0 Å². The predicted octanol–water partition coefficient (Wildman–Crippen LogP) is 1.71. The largest absolute Gasteiger partial charge is 0.457 e. The van der Waals surface area contributed by atoms with E-state index in [1.165, 1.54) is 6.92 Å². The zero-order valence-electron chi connectivity index (χ0n) is 10.2. The van der Waals surface area contributed by atoms with Gasteiger partial charge in [0.25, 0.3) is 0 Å². The molecule has 92 valence electrons. The molecule has 0 bridgehead atoms. The van der Waals surface area contributed by atoms with Crippen LogP contribution >= 0.6 is 0 Å². The molecule has 0 aromatic heterocycles. The van der Waals surface area contributed by atoms with Crippen molar-refractivity contribution in [2.75, 3.05) is 6.61 Å². The SMILES string of the molecule is CCC1CC(C(=O)OCC(C)=O)C(CC)O1. The Morgan fingerprint density at radius 3 is 2.50 bits per heavy atom. The van der Waals surface area contributed by atoms with E-state index >= 15 is 0 Å². The highest BCUT2D eigenvalue weighted by atomic mass is 16.5. The molecule has 1 aliphatic heterocycles. The second-order valence-corrected chi connectivity index (χ2v) is 4.26. The van der Waals surface area contributed by atoms with Crippen LogP contribution in [-0.4, -0.2) is 30.6 Å². The number of hydrogen-bond acceptors (Lipinski definition) is 4. The minimum atomic E-state index is -0.294. The Bertz CT molecular complexity index is 262. The lowest BCUT2D eigenvalue weighted by Crippen LogP contribution is -2.27. The lowest BCUT2D eigenvalue weighted by Gasteiger charge is -2.15. The van der Waals surface area contributed by atoms with Crippen molar-refractivity contribution in [2.24, 2.45) is 5.92 Å². The normalized spacial score (nSPS) is 29.1. The fourth-order valence-electron chi connectivity index (χ4n) is 2.00. The Hall–Kier alpha value is -0.900. The van der Waals surface area contributed by atoms with E-state index in [9.17, 15) is 9.59 Å². The molecule has 0 radical (unpaired) electrons. The van der Waals surface area contributed by atoms with Crippen molar-refractivity contribution in [2.45, 2.75) is 52.2 Å². The maximum atomic E-state index is 11.7. The summed E-state index contributed by atoms with van der Waals surface area (Å²) < 4.78 is 10.7. The molecular weight excluding hydrogens is 208 g/mol. The molecule has 0 amide bonds. The van der Waals surface area contributed by atoms with E-state index in [-0.39, 0.29) is 36.5 Å². The van der Waals surface area contributed by atoms with Crippen LogP contribution in [0.25, 0.3) is 0 Å². The van der Waals surface area contributed by atoms with Gasteiger partial charge in [0.15, 0.2) is 5.78 Å². The molecule has 0 aliphatic carbocycles. The van der Waals surface area contributed by atoms with Gasteiger partial charge in [0.05, 0.1) is 18.1 Å². The number of esters is 1. The van der Waals surface area contributed by atoms with Crippen LogP contribution in [0.4, 0.5) is 0 Å². The second kappa shape index (κ2) is 5.99. The fraction of sp³-hybridized carbons (Fsp3) is 0.833. The third-order valence-electron chi connectivity index (χ3n) is 2.91. The highest BCUT2D eigenvalue weighted by Gasteiger charge is 2.38. The van der Waals surface area contributed by atoms with E-state index in [2.05, 4.69) is 0 Å². The van der Waals surface area contributed by atoms with E-state index in [1.54, 1.807) is 0 Å². The van der Waals surface area contributed by atoms with Crippen molar-refractivity contribution >= 4 is 11.8 Å². The standard InChI is InChI=1S/C12H20O4/c1-4-9-6-10(11(5-2)16-9)12(14)15-7-8(3)13/h9-11H,4-7H2,1-3H3. The molecule has 0 saturated carbocycles. The first-order valence-corrected chi connectivity index (χ1v) is 5.90. The number of Topliss-reactive ketones (excluding diaryl/α,β-unsaturated/α-hetero) is 1. The van der Waals surface area contributed by atoms with Gasteiger partial charge in [-0.15, -0.1) is 0 Å². The average molecular weight is 228 g/mol. The summed E-state index contributed by atoms with van der Waals surface area (Å²) in [5.41, 5.74) is 0. The first-order chi connectivity index (χ1) is 7.58. The smallest absolute Gasteiger partial charge is 0.312 e. The topological polar surface area (TPSA) is 52.6 Å². The number of ketones is 1. The molecule has 4 heteroatoms. The van der Waals surface area contributed by atoms with Gasteiger partial charge in [-0.05, 0) is 26.2 Å². The first kappa shape index (κ1) is 13.2. The molecule has 3 unspecified atom stereocenters. The summed E-state index contributed by atoms with van der Waals surface area (Å²) in [4.78, 5) is 22.5. The molecule has 0 aromatic carbocycles. The quantitative estimate of drug-likeness (QED) is 0.672. The zero-order valence-corrected chi connectivity index (χ0v) is 10.2. The monoisotopic (exact) mass is 228 g/mol. The summed E-state index contributed by atoms with van der Waals surface area (Å²) in [5, 5.41) is 0. The molecule has 0 N–H and O–H groups in total. The van der Waals surface area contributed by atoms with Crippen molar-refractivity contribution < 1.29 is 19.1 Å². The minimum absolute atomic E-state index is 0.0515. The minimum Gasteiger partial charge on any atom is -0.457 e. The van der Waals surface area contributed by atoms with Gasteiger partial charge in [-0.3, -0.25) is 9.59 Å². The molecule has 1 saturated heterocycles. The van der Waals surface area contributed by atoms with Crippen LogP contribution in [0.1, 0.15) is 40.0 Å². The van der Waals surface area contributed by atoms with E-state index in [0.717, 1.165) is 12.8 Å². The van der Waals surface area contributed by atoms with E-state index in [4.69, 9.17) is 9.47 Å². The highest BCUT2D eigenvalue weighted by Crippen LogP contribution is 2.31. The van der Waals surface area contributed by atoms with Crippen molar-refractivity contribution in [1.82, 2.24) is 0 Å². The van der Waals surface area contributed by atoms with E-state index in [0.29, 0.717) is 6.42 Å². The Morgan fingerprint density at radius 2 is 2.00 bits per heavy atom. The number of carbonyl (C=O) groups excluding carboxylic acids is 2. The summed E-state index contributed by atoms with van der Waals surface area (Å²) in [6.45, 7) is 5.32. The highest BCUT2D eigenvalue weighted by molar-refractivity contribution is 5.81. The molecule has 4 nitrogen and oxygen atoms in total. The van der Waals surface area contributed by atoms with Gasteiger partial charge in [-0.1, -0.05) is 13.8 Å². The molecule has 1 rings (SSSR count). The number of carbonyl (C=O) groups is 2. The molecule has 16 heavy (non-hydrogen) atoms. The van der Waals surface area contributed by atoms with Gasteiger partial charge in [0.1, 0.15) is 6.61 Å². The summed E-state index contributed by atoms with van der Waals surface area (Å²) in [5.74, 6) is -0.625. The first-order valence-electron chi connectivity index (χ1n) is 5.90. The third kappa shape index (κ3) is 3.30. The summed E-state index contributed by atoms with van der Waals surface area (Å²) >= 11 is 0. The maximum absolute atomic E-state index is 11.7. The zero-order chi connectivity index (χ0) is 12.1. The molecule has 0 aromatic rings.